The summed E-state index contributed by atoms with van der Waals surface area (Å²) in [5, 5.41) is 12.3. The molecule has 1 unspecified atom stereocenters. The van der Waals surface area contributed by atoms with E-state index in [0.717, 1.165) is 78.5 Å². The molecule has 0 aliphatic carbocycles. The van der Waals surface area contributed by atoms with E-state index in [1.54, 1.807) is 0 Å². The lowest BCUT2D eigenvalue weighted by atomic mass is 9.85. The number of nitrogens with zero attached hydrogens (tertiary/aromatic N) is 1. The average molecular weight is 476 g/mol. The Morgan fingerprint density at radius 2 is 2.00 bits per heavy atom. The van der Waals surface area contributed by atoms with Crippen LogP contribution >= 0.6 is 11.3 Å². The molecular formula is C28H33N3O2S. The molecule has 1 aliphatic heterocycles. The van der Waals surface area contributed by atoms with Crippen LogP contribution in [-0.2, 0) is 6.42 Å². The second-order valence-electron chi connectivity index (χ2n) is 9.51. The van der Waals surface area contributed by atoms with Gasteiger partial charge < -0.3 is 20.7 Å². The predicted octanol–water partition coefficient (Wildman–Crippen LogP) is 5.96. The van der Waals surface area contributed by atoms with Crippen LogP contribution in [0, 0.1) is 0 Å². The Kier molecular flexibility index (Phi) is 6.61. The number of carbonyl (C=O) groups is 1. The van der Waals surface area contributed by atoms with Gasteiger partial charge in [0.15, 0.2) is 0 Å². The molecular weight excluding hydrogens is 442 g/mol. The first kappa shape index (κ1) is 22.9. The van der Waals surface area contributed by atoms with Gasteiger partial charge in [-0.25, -0.2) is 0 Å². The molecule has 4 aromatic rings. The van der Waals surface area contributed by atoms with Crippen LogP contribution in [0.2, 0.25) is 0 Å². The van der Waals surface area contributed by atoms with Crippen molar-refractivity contribution in [2.75, 3.05) is 18.0 Å². The lowest BCUT2D eigenvalue weighted by Gasteiger charge is -2.31. The van der Waals surface area contributed by atoms with E-state index in [4.69, 9.17) is 5.73 Å². The van der Waals surface area contributed by atoms with Gasteiger partial charge in [0.1, 0.15) is 0 Å². The number of hydrogen-bond donors (Lipinski definition) is 3. The minimum atomic E-state index is -0.334. The summed E-state index contributed by atoms with van der Waals surface area (Å²) in [6, 6.07) is 15.0. The third-order valence-electron chi connectivity index (χ3n) is 7.22. The lowest BCUT2D eigenvalue weighted by molar-refractivity contribution is 0.100. The molecule has 4 N–H and O–H groups in total. The van der Waals surface area contributed by atoms with Gasteiger partial charge in [0, 0.05) is 40.6 Å². The normalized spacial score (nSPS) is 15.9. The molecule has 5 rings (SSSR count). The number of aromatic amines is 1. The first-order valence-corrected chi connectivity index (χ1v) is 13.2. The number of H-pyrrole nitrogens is 1. The molecule has 6 heteroatoms. The fourth-order valence-corrected chi connectivity index (χ4v) is 6.55. The molecule has 1 amide bonds. The zero-order valence-corrected chi connectivity index (χ0v) is 20.5. The Labute approximate surface area is 204 Å². The summed E-state index contributed by atoms with van der Waals surface area (Å²) in [5.74, 6) is -0.106. The molecule has 178 valence electrons. The minimum Gasteiger partial charge on any atom is -0.393 e. The minimum absolute atomic E-state index is 0.196. The molecule has 3 heterocycles. The van der Waals surface area contributed by atoms with Crippen LogP contribution in [0.4, 0.5) is 5.69 Å². The maximum atomic E-state index is 12.6. The Hall–Kier alpha value is -2.83. The van der Waals surface area contributed by atoms with Crippen molar-refractivity contribution < 1.29 is 9.90 Å². The highest BCUT2D eigenvalue weighted by molar-refractivity contribution is 7.21. The maximum absolute atomic E-state index is 12.6. The SMILES string of the molecule is CCCCC(Cc1c[nH]c2ccccc12)c1c(C(N)=O)sc2cc(N3CCC(O)CC3)ccc12. The highest BCUT2D eigenvalue weighted by atomic mass is 32.1. The first-order chi connectivity index (χ1) is 16.5. The largest absolute Gasteiger partial charge is 0.393 e. The number of aromatic nitrogens is 1. The first-order valence-electron chi connectivity index (χ1n) is 12.4. The van der Waals surface area contributed by atoms with Crippen molar-refractivity contribution in [3.05, 3.63) is 64.7 Å². The number of unbranched alkanes of at least 4 members (excludes halogenated alkanes) is 1. The van der Waals surface area contributed by atoms with E-state index in [0.29, 0.717) is 4.88 Å². The summed E-state index contributed by atoms with van der Waals surface area (Å²) in [6.07, 6.45) is 7.63. The summed E-state index contributed by atoms with van der Waals surface area (Å²) in [5.41, 5.74) is 10.6. The van der Waals surface area contributed by atoms with E-state index < -0.39 is 0 Å². The van der Waals surface area contributed by atoms with Crippen molar-refractivity contribution in [2.45, 2.75) is 57.5 Å². The third-order valence-corrected chi connectivity index (χ3v) is 8.40. The number of nitrogens with two attached hydrogens (primary N) is 1. The number of anilines is 1. The Balaban J connectivity index is 1.55. The number of aliphatic hydroxyl groups is 1. The summed E-state index contributed by atoms with van der Waals surface area (Å²) < 4.78 is 1.12. The van der Waals surface area contributed by atoms with Crippen LogP contribution in [0.3, 0.4) is 0 Å². The van der Waals surface area contributed by atoms with E-state index in [1.807, 2.05) is 0 Å². The van der Waals surface area contributed by atoms with E-state index in [1.165, 1.54) is 22.3 Å². The summed E-state index contributed by atoms with van der Waals surface area (Å²) in [7, 11) is 0. The van der Waals surface area contributed by atoms with Crippen molar-refractivity contribution >= 4 is 43.9 Å². The summed E-state index contributed by atoms with van der Waals surface area (Å²) in [6.45, 7) is 3.92. The van der Waals surface area contributed by atoms with Crippen LogP contribution in [0.15, 0.2) is 48.7 Å². The number of carbonyl (C=O) groups excluding carboxylic acids is 1. The van der Waals surface area contributed by atoms with Gasteiger partial charge in [-0.3, -0.25) is 4.79 Å². The van der Waals surface area contributed by atoms with Crippen LogP contribution < -0.4 is 10.6 Å². The smallest absolute Gasteiger partial charge is 0.259 e. The molecule has 34 heavy (non-hydrogen) atoms. The molecule has 0 saturated carbocycles. The Morgan fingerprint density at radius 3 is 2.76 bits per heavy atom. The number of piperidine rings is 1. The number of nitrogens with one attached hydrogen (secondary N) is 1. The monoisotopic (exact) mass is 475 g/mol. The number of thiophene rings is 1. The van der Waals surface area contributed by atoms with Crippen molar-refractivity contribution in [1.82, 2.24) is 4.98 Å². The van der Waals surface area contributed by atoms with Gasteiger partial charge in [0.25, 0.3) is 5.91 Å². The summed E-state index contributed by atoms with van der Waals surface area (Å²) in [4.78, 5) is 19.0. The second-order valence-corrected chi connectivity index (χ2v) is 10.6. The van der Waals surface area contributed by atoms with Crippen LogP contribution in [-0.4, -0.2) is 35.2 Å². The molecule has 1 fully saturated rings. The van der Waals surface area contributed by atoms with Crippen LogP contribution in [0.5, 0.6) is 0 Å². The van der Waals surface area contributed by atoms with Gasteiger partial charge in [-0.2, -0.15) is 0 Å². The number of aliphatic hydroxyl groups excluding tert-OH is 1. The number of hydrogen-bond acceptors (Lipinski definition) is 4. The highest BCUT2D eigenvalue weighted by Crippen LogP contribution is 2.42. The molecule has 2 aromatic heterocycles. The van der Waals surface area contributed by atoms with Gasteiger partial charge in [0.2, 0.25) is 0 Å². The number of fused-ring (bicyclic) bond motifs is 2. The molecule has 0 spiro atoms. The number of rotatable bonds is 8. The lowest BCUT2D eigenvalue weighted by Crippen LogP contribution is -2.35. The number of benzene rings is 2. The number of para-hydroxylation sites is 1. The Morgan fingerprint density at radius 1 is 1.21 bits per heavy atom. The van der Waals surface area contributed by atoms with Gasteiger partial charge in [-0.05, 0) is 66.3 Å². The van der Waals surface area contributed by atoms with E-state index in [9.17, 15) is 9.90 Å². The fraction of sp³-hybridized carbons (Fsp3) is 0.393. The van der Waals surface area contributed by atoms with Crippen molar-refractivity contribution in [3.63, 3.8) is 0 Å². The number of amides is 1. The average Bonchev–Trinajstić information content (AvgIpc) is 3.43. The number of primary amides is 1. The molecule has 5 nitrogen and oxygen atoms in total. The van der Waals surface area contributed by atoms with Crippen molar-refractivity contribution in [2.24, 2.45) is 5.73 Å². The fourth-order valence-electron chi connectivity index (χ4n) is 5.38. The molecule has 1 aliphatic rings. The van der Waals surface area contributed by atoms with Gasteiger partial charge in [-0.1, -0.05) is 44.0 Å². The molecule has 1 saturated heterocycles. The molecule has 1 atom stereocenters. The summed E-state index contributed by atoms with van der Waals surface area (Å²) >= 11 is 1.53. The zero-order valence-electron chi connectivity index (χ0n) is 19.7. The Bertz CT molecular complexity index is 1300. The topological polar surface area (TPSA) is 82.4 Å². The third kappa shape index (κ3) is 4.44. The van der Waals surface area contributed by atoms with Crippen LogP contribution in [0.1, 0.15) is 65.7 Å². The molecule has 0 radical (unpaired) electrons. The molecule has 0 bridgehead atoms. The van der Waals surface area contributed by atoms with Gasteiger partial charge >= 0.3 is 0 Å². The maximum Gasteiger partial charge on any atom is 0.259 e. The van der Waals surface area contributed by atoms with Gasteiger partial charge in [-0.15, -0.1) is 11.3 Å². The van der Waals surface area contributed by atoms with E-state index in [2.05, 4.69) is 65.5 Å². The van der Waals surface area contributed by atoms with Crippen LogP contribution in [0.25, 0.3) is 21.0 Å². The second kappa shape index (κ2) is 9.80. The highest BCUT2D eigenvalue weighted by Gasteiger charge is 2.26. The molecule has 2 aromatic carbocycles. The standard InChI is InChI=1S/C28H33N3O2S/c1-2-3-6-18(15-19-17-30-24-8-5-4-7-22(19)24)26-23-10-9-20(31-13-11-21(32)12-14-31)16-25(23)34-27(26)28(29)33/h4-5,7-10,16-18,21,30,32H,2-3,6,11-15H2,1H3,(H2,29,33). The zero-order chi connectivity index (χ0) is 23.7. The predicted molar refractivity (Wildman–Crippen MR) is 142 cm³/mol. The van der Waals surface area contributed by atoms with Crippen molar-refractivity contribution in [3.8, 4) is 0 Å². The van der Waals surface area contributed by atoms with Crippen molar-refractivity contribution in [1.29, 1.82) is 0 Å². The van der Waals surface area contributed by atoms with E-state index in [-0.39, 0.29) is 17.9 Å². The quantitative estimate of drug-likeness (QED) is 0.294. The van der Waals surface area contributed by atoms with Gasteiger partial charge in [0.05, 0.1) is 11.0 Å². The van der Waals surface area contributed by atoms with E-state index >= 15 is 0 Å².